The maximum Gasteiger partial charge on any atom is 0.240 e. The van der Waals surface area contributed by atoms with Gasteiger partial charge in [0.2, 0.25) is 5.91 Å². The number of nitrogens with two attached hydrogens (primary N) is 1. The highest BCUT2D eigenvalue weighted by Crippen LogP contribution is 2.18. The predicted octanol–water partition coefficient (Wildman–Crippen LogP) is 1.20. The Kier molecular flexibility index (Phi) is 4.98. The number of benzene rings is 1. The number of ether oxygens (including phenoxy) is 1. The van der Waals surface area contributed by atoms with Crippen LogP contribution in [0.3, 0.4) is 0 Å². The summed E-state index contributed by atoms with van der Waals surface area (Å²) in [7, 11) is 3.53. The fraction of sp³-hybridized carbons (Fsp3) is 0.533. The van der Waals surface area contributed by atoms with Crippen molar-refractivity contribution in [1.29, 1.82) is 0 Å². The molecule has 1 atom stereocenters. The Hall–Kier alpha value is -1.59. The first kappa shape index (κ1) is 14.8. The zero-order valence-electron chi connectivity index (χ0n) is 12.2. The quantitative estimate of drug-likeness (QED) is 0.822. The zero-order chi connectivity index (χ0) is 14.5. The first-order valence-corrected chi connectivity index (χ1v) is 6.93. The number of nitrogen functional groups attached to an aromatic ring is 1. The second kappa shape index (κ2) is 6.72. The van der Waals surface area contributed by atoms with Gasteiger partial charge in [-0.15, -0.1) is 0 Å². The SMILES string of the molecule is COCC1CCN(CC(=O)N(C)c2ccc(N)cc2)C1. The van der Waals surface area contributed by atoms with E-state index in [1.165, 1.54) is 0 Å². The summed E-state index contributed by atoms with van der Waals surface area (Å²) in [5, 5.41) is 0. The maximum absolute atomic E-state index is 12.3. The third-order valence-corrected chi connectivity index (χ3v) is 3.79. The van der Waals surface area contributed by atoms with Crippen LogP contribution in [0.2, 0.25) is 0 Å². The Morgan fingerprint density at radius 3 is 2.80 bits per heavy atom. The molecule has 110 valence electrons. The van der Waals surface area contributed by atoms with Gasteiger partial charge in [-0.1, -0.05) is 0 Å². The molecule has 2 N–H and O–H groups in total. The molecule has 0 aliphatic carbocycles. The van der Waals surface area contributed by atoms with E-state index in [9.17, 15) is 4.79 Å². The molecule has 0 aromatic heterocycles. The van der Waals surface area contributed by atoms with E-state index >= 15 is 0 Å². The number of methoxy groups -OCH3 is 1. The minimum absolute atomic E-state index is 0.104. The molecule has 5 heteroatoms. The monoisotopic (exact) mass is 277 g/mol. The number of hydrogen-bond acceptors (Lipinski definition) is 4. The lowest BCUT2D eigenvalue weighted by Gasteiger charge is -2.22. The number of hydrogen-bond donors (Lipinski definition) is 1. The highest BCUT2D eigenvalue weighted by molar-refractivity contribution is 5.94. The molecule has 0 bridgehead atoms. The Labute approximate surface area is 120 Å². The molecule has 1 aromatic rings. The van der Waals surface area contributed by atoms with Crippen LogP contribution in [-0.2, 0) is 9.53 Å². The van der Waals surface area contributed by atoms with Crippen molar-refractivity contribution in [3.8, 4) is 0 Å². The fourth-order valence-corrected chi connectivity index (χ4v) is 2.57. The van der Waals surface area contributed by atoms with Gasteiger partial charge in [0.1, 0.15) is 0 Å². The van der Waals surface area contributed by atoms with Crippen LogP contribution in [0, 0.1) is 5.92 Å². The summed E-state index contributed by atoms with van der Waals surface area (Å²) in [5.41, 5.74) is 7.23. The predicted molar refractivity (Wildman–Crippen MR) is 80.7 cm³/mol. The van der Waals surface area contributed by atoms with Gasteiger partial charge >= 0.3 is 0 Å². The van der Waals surface area contributed by atoms with E-state index in [1.54, 1.807) is 19.1 Å². The van der Waals surface area contributed by atoms with E-state index in [0.717, 1.165) is 31.8 Å². The van der Waals surface area contributed by atoms with Crippen molar-refractivity contribution in [3.63, 3.8) is 0 Å². The van der Waals surface area contributed by atoms with Gasteiger partial charge < -0.3 is 15.4 Å². The van der Waals surface area contributed by atoms with Crippen molar-refractivity contribution in [2.75, 3.05) is 51.0 Å². The molecule has 5 nitrogen and oxygen atoms in total. The molecule has 1 aliphatic heterocycles. The lowest BCUT2D eigenvalue weighted by Crippen LogP contribution is -2.37. The summed E-state index contributed by atoms with van der Waals surface area (Å²) >= 11 is 0. The summed E-state index contributed by atoms with van der Waals surface area (Å²) in [6, 6.07) is 7.35. The van der Waals surface area contributed by atoms with Gasteiger partial charge in [0.15, 0.2) is 0 Å². The lowest BCUT2D eigenvalue weighted by molar-refractivity contribution is -0.119. The Bertz CT molecular complexity index is 447. The molecule has 1 unspecified atom stereocenters. The number of nitrogens with zero attached hydrogens (tertiary/aromatic N) is 2. The number of likely N-dealkylation sites (N-methyl/N-ethyl adjacent to an activating group) is 1. The van der Waals surface area contributed by atoms with E-state index in [4.69, 9.17) is 10.5 Å². The summed E-state index contributed by atoms with van der Waals surface area (Å²) < 4.78 is 5.17. The van der Waals surface area contributed by atoms with Crippen LogP contribution in [0.1, 0.15) is 6.42 Å². The number of carbonyl (C=O) groups excluding carboxylic acids is 1. The molecular formula is C15H23N3O2. The van der Waals surface area contributed by atoms with Gasteiger partial charge in [0, 0.05) is 32.1 Å². The second-order valence-corrected chi connectivity index (χ2v) is 5.39. The molecular weight excluding hydrogens is 254 g/mol. The minimum Gasteiger partial charge on any atom is -0.399 e. The number of rotatable bonds is 5. The van der Waals surface area contributed by atoms with Crippen molar-refractivity contribution in [2.24, 2.45) is 5.92 Å². The number of amides is 1. The number of likely N-dealkylation sites (tertiary alicyclic amines) is 1. The molecule has 1 saturated heterocycles. The highest BCUT2D eigenvalue weighted by atomic mass is 16.5. The van der Waals surface area contributed by atoms with Crippen LogP contribution >= 0.6 is 0 Å². The Morgan fingerprint density at radius 2 is 2.15 bits per heavy atom. The third kappa shape index (κ3) is 3.71. The van der Waals surface area contributed by atoms with Gasteiger partial charge in [0.05, 0.1) is 13.2 Å². The van der Waals surface area contributed by atoms with E-state index in [-0.39, 0.29) is 5.91 Å². The van der Waals surface area contributed by atoms with E-state index in [1.807, 2.05) is 24.3 Å². The maximum atomic E-state index is 12.3. The normalized spacial score (nSPS) is 19.2. The average Bonchev–Trinajstić information content (AvgIpc) is 2.86. The molecule has 1 amide bonds. The van der Waals surface area contributed by atoms with Crippen molar-refractivity contribution < 1.29 is 9.53 Å². The summed E-state index contributed by atoms with van der Waals surface area (Å²) in [6.07, 6.45) is 1.10. The largest absolute Gasteiger partial charge is 0.399 e. The van der Waals surface area contributed by atoms with E-state index in [0.29, 0.717) is 18.2 Å². The van der Waals surface area contributed by atoms with E-state index < -0.39 is 0 Å². The second-order valence-electron chi connectivity index (χ2n) is 5.39. The molecule has 2 rings (SSSR count). The molecule has 1 aromatic carbocycles. The van der Waals surface area contributed by atoms with Crippen molar-refractivity contribution in [1.82, 2.24) is 4.90 Å². The Morgan fingerprint density at radius 1 is 1.45 bits per heavy atom. The van der Waals surface area contributed by atoms with Crippen LogP contribution in [0.15, 0.2) is 24.3 Å². The van der Waals surface area contributed by atoms with Gasteiger partial charge in [-0.2, -0.15) is 0 Å². The minimum atomic E-state index is 0.104. The topological polar surface area (TPSA) is 58.8 Å². The highest BCUT2D eigenvalue weighted by Gasteiger charge is 2.25. The number of carbonyl (C=O) groups is 1. The number of anilines is 2. The average molecular weight is 277 g/mol. The standard InChI is InChI=1S/C15H23N3O2/c1-17(14-5-3-13(16)4-6-14)15(19)10-18-8-7-12(9-18)11-20-2/h3-6,12H,7-11,16H2,1-2H3. The lowest BCUT2D eigenvalue weighted by atomic mass is 10.1. The van der Waals surface area contributed by atoms with Crippen molar-refractivity contribution in [3.05, 3.63) is 24.3 Å². The molecule has 1 aliphatic rings. The van der Waals surface area contributed by atoms with Crippen LogP contribution < -0.4 is 10.6 Å². The molecule has 1 heterocycles. The van der Waals surface area contributed by atoms with Crippen molar-refractivity contribution >= 4 is 17.3 Å². The molecule has 1 fully saturated rings. The van der Waals surface area contributed by atoms with Gasteiger partial charge in [-0.3, -0.25) is 9.69 Å². The first-order chi connectivity index (χ1) is 9.60. The summed E-state index contributed by atoms with van der Waals surface area (Å²) in [5.74, 6) is 0.655. The van der Waals surface area contributed by atoms with Crippen LogP contribution in [0.5, 0.6) is 0 Å². The summed E-state index contributed by atoms with van der Waals surface area (Å²) in [6.45, 7) is 3.14. The van der Waals surface area contributed by atoms with Gasteiger partial charge in [-0.25, -0.2) is 0 Å². The van der Waals surface area contributed by atoms with E-state index in [2.05, 4.69) is 4.90 Å². The molecule has 0 spiro atoms. The third-order valence-electron chi connectivity index (χ3n) is 3.79. The fourth-order valence-electron chi connectivity index (χ4n) is 2.57. The van der Waals surface area contributed by atoms with Crippen LogP contribution in [0.4, 0.5) is 11.4 Å². The molecule has 0 saturated carbocycles. The zero-order valence-corrected chi connectivity index (χ0v) is 12.2. The Balaban J connectivity index is 1.87. The molecule has 0 radical (unpaired) electrons. The van der Waals surface area contributed by atoms with Gasteiger partial charge in [0.25, 0.3) is 0 Å². The molecule has 20 heavy (non-hydrogen) atoms. The van der Waals surface area contributed by atoms with Crippen LogP contribution in [-0.4, -0.2) is 51.2 Å². The van der Waals surface area contributed by atoms with Crippen molar-refractivity contribution in [2.45, 2.75) is 6.42 Å². The van der Waals surface area contributed by atoms with Crippen LogP contribution in [0.25, 0.3) is 0 Å². The smallest absolute Gasteiger partial charge is 0.240 e. The first-order valence-electron chi connectivity index (χ1n) is 6.93. The van der Waals surface area contributed by atoms with Gasteiger partial charge in [-0.05, 0) is 43.1 Å². The summed E-state index contributed by atoms with van der Waals surface area (Å²) in [4.78, 5) is 16.1.